The first-order chi connectivity index (χ1) is 8.61. The van der Waals surface area contributed by atoms with Gasteiger partial charge in [-0.25, -0.2) is 0 Å². The Bertz CT molecular complexity index is 561. The number of carbonyl (C=O) groups is 2. The van der Waals surface area contributed by atoms with Crippen molar-refractivity contribution >= 4 is 17.6 Å². The highest BCUT2D eigenvalue weighted by atomic mass is 16.2. The number of rotatable bonds is 2. The molecule has 1 aromatic rings. The van der Waals surface area contributed by atoms with E-state index in [4.69, 9.17) is 11.1 Å². The summed E-state index contributed by atoms with van der Waals surface area (Å²) in [7, 11) is 0. The highest BCUT2D eigenvalue weighted by Gasteiger charge is 2.34. The molecule has 0 unspecified atom stereocenters. The first-order valence-corrected chi connectivity index (χ1v) is 5.39. The Hall–Kier alpha value is -2.61. The van der Waals surface area contributed by atoms with Crippen molar-refractivity contribution in [1.29, 1.82) is 5.41 Å². The average molecular weight is 241 g/mol. The second kappa shape index (κ2) is 4.72. The van der Waals surface area contributed by atoms with Crippen molar-refractivity contribution in [3.05, 3.63) is 35.4 Å². The lowest BCUT2D eigenvalue weighted by molar-refractivity contribution is 0.0658. The Morgan fingerprint density at radius 3 is 2.28 bits per heavy atom. The Labute approximate surface area is 104 Å². The number of nitrogens with two attached hydrogens (primary N) is 1. The minimum atomic E-state index is -0.291. The van der Waals surface area contributed by atoms with E-state index in [1.807, 2.05) is 0 Å². The quantitative estimate of drug-likeness (QED) is 0.344. The molecule has 1 aromatic carbocycles. The van der Waals surface area contributed by atoms with Gasteiger partial charge in [-0.2, -0.15) is 0 Å². The average Bonchev–Trinajstić information content (AvgIpc) is 2.59. The first-order valence-electron chi connectivity index (χ1n) is 5.39. The van der Waals surface area contributed by atoms with Gasteiger partial charge in [-0.05, 0) is 18.1 Å². The molecule has 0 atom stereocenters. The normalized spacial score (nSPS) is 13.0. The van der Waals surface area contributed by atoms with E-state index < -0.39 is 0 Å². The molecule has 0 bridgehead atoms. The third-order valence-corrected chi connectivity index (χ3v) is 2.56. The van der Waals surface area contributed by atoms with Crippen LogP contribution in [0, 0.1) is 17.3 Å². The second-order valence-corrected chi connectivity index (χ2v) is 3.77. The molecule has 0 spiro atoms. The van der Waals surface area contributed by atoms with Gasteiger partial charge in [0.2, 0.25) is 0 Å². The van der Waals surface area contributed by atoms with E-state index in [9.17, 15) is 9.59 Å². The van der Waals surface area contributed by atoms with Crippen LogP contribution in [0.3, 0.4) is 0 Å². The van der Waals surface area contributed by atoms with Crippen molar-refractivity contribution in [2.45, 2.75) is 6.42 Å². The van der Waals surface area contributed by atoms with Crippen LogP contribution in [-0.4, -0.2) is 29.1 Å². The highest BCUT2D eigenvalue weighted by molar-refractivity contribution is 6.21. The standard InChI is InChI=1S/C13H11N3O2/c14-11(15)7-3-4-8-16-12(17)9-5-1-2-6-10(9)13(16)18/h1-2,5-6H,4,8H2,(H3,14,15). The zero-order valence-corrected chi connectivity index (χ0v) is 9.56. The third kappa shape index (κ3) is 2.09. The Morgan fingerprint density at radius 1 is 1.22 bits per heavy atom. The highest BCUT2D eigenvalue weighted by Crippen LogP contribution is 2.22. The van der Waals surface area contributed by atoms with Crippen molar-refractivity contribution in [2.75, 3.05) is 6.54 Å². The number of hydrogen-bond acceptors (Lipinski definition) is 3. The number of nitrogens with zero attached hydrogens (tertiary/aromatic N) is 1. The molecule has 0 saturated carbocycles. The van der Waals surface area contributed by atoms with Crippen LogP contribution in [0.25, 0.3) is 0 Å². The van der Waals surface area contributed by atoms with E-state index in [0.717, 1.165) is 0 Å². The fourth-order valence-corrected chi connectivity index (χ4v) is 1.77. The molecular formula is C13H11N3O2. The molecule has 0 aromatic heterocycles. The lowest BCUT2D eigenvalue weighted by atomic mass is 10.1. The molecule has 0 fully saturated rings. The molecule has 18 heavy (non-hydrogen) atoms. The number of amides is 2. The molecule has 5 heteroatoms. The Balaban J connectivity index is 2.10. The summed E-state index contributed by atoms with van der Waals surface area (Å²) in [6.07, 6.45) is 0.311. The summed E-state index contributed by atoms with van der Waals surface area (Å²) in [4.78, 5) is 25.0. The van der Waals surface area contributed by atoms with E-state index >= 15 is 0 Å². The minimum Gasteiger partial charge on any atom is -0.377 e. The van der Waals surface area contributed by atoms with Gasteiger partial charge in [0.1, 0.15) is 0 Å². The molecule has 2 amide bonds. The number of nitrogens with one attached hydrogen (secondary N) is 1. The SMILES string of the molecule is N=C(N)C#CCCN1C(=O)c2ccccc2C1=O. The fraction of sp³-hybridized carbons (Fsp3) is 0.154. The molecular weight excluding hydrogens is 230 g/mol. The summed E-state index contributed by atoms with van der Waals surface area (Å²) < 4.78 is 0. The maximum atomic E-state index is 11.9. The monoisotopic (exact) mass is 241 g/mol. The van der Waals surface area contributed by atoms with Crippen LogP contribution in [0.1, 0.15) is 27.1 Å². The third-order valence-electron chi connectivity index (χ3n) is 2.56. The molecule has 0 aliphatic carbocycles. The smallest absolute Gasteiger partial charge is 0.261 e. The summed E-state index contributed by atoms with van der Waals surface area (Å²) in [6, 6.07) is 6.72. The van der Waals surface area contributed by atoms with E-state index in [2.05, 4.69) is 11.8 Å². The first kappa shape index (κ1) is 11.9. The molecule has 3 N–H and O–H groups in total. The van der Waals surface area contributed by atoms with Crippen LogP contribution in [0.2, 0.25) is 0 Å². The van der Waals surface area contributed by atoms with Crippen LogP contribution in [-0.2, 0) is 0 Å². The largest absolute Gasteiger partial charge is 0.377 e. The van der Waals surface area contributed by atoms with Gasteiger partial charge < -0.3 is 5.73 Å². The Kier molecular flexibility index (Phi) is 3.11. The van der Waals surface area contributed by atoms with Crippen LogP contribution >= 0.6 is 0 Å². The van der Waals surface area contributed by atoms with Crippen molar-refractivity contribution in [3.8, 4) is 11.8 Å². The molecule has 1 heterocycles. The van der Waals surface area contributed by atoms with Crippen LogP contribution < -0.4 is 5.73 Å². The summed E-state index contributed by atoms with van der Waals surface area (Å²) in [5.74, 6) is 4.21. The summed E-state index contributed by atoms with van der Waals surface area (Å²) >= 11 is 0. The van der Waals surface area contributed by atoms with Crippen molar-refractivity contribution in [2.24, 2.45) is 5.73 Å². The summed E-state index contributed by atoms with van der Waals surface area (Å²) in [5.41, 5.74) is 5.94. The minimum absolute atomic E-state index is 0.215. The zero-order chi connectivity index (χ0) is 13.1. The van der Waals surface area contributed by atoms with E-state index in [1.54, 1.807) is 24.3 Å². The predicted molar refractivity (Wildman–Crippen MR) is 66.1 cm³/mol. The maximum absolute atomic E-state index is 11.9. The lowest BCUT2D eigenvalue weighted by Crippen LogP contribution is -2.30. The van der Waals surface area contributed by atoms with E-state index in [-0.39, 0.29) is 24.2 Å². The van der Waals surface area contributed by atoms with Crippen LogP contribution in [0.15, 0.2) is 24.3 Å². The number of amidine groups is 1. The Morgan fingerprint density at radius 2 is 1.78 bits per heavy atom. The second-order valence-electron chi connectivity index (χ2n) is 3.77. The number of benzene rings is 1. The molecule has 1 aliphatic heterocycles. The number of carbonyl (C=O) groups excluding carboxylic acids is 2. The maximum Gasteiger partial charge on any atom is 0.261 e. The van der Waals surface area contributed by atoms with Crippen LogP contribution in [0.4, 0.5) is 0 Å². The molecule has 90 valence electrons. The fourth-order valence-electron chi connectivity index (χ4n) is 1.77. The van der Waals surface area contributed by atoms with Crippen molar-refractivity contribution in [3.63, 3.8) is 0 Å². The van der Waals surface area contributed by atoms with Gasteiger partial charge in [0, 0.05) is 13.0 Å². The molecule has 0 saturated heterocycles. The summed E-state index contributed by atoms with van der Waals surface area (Å²) in [5, 5.41) is 6.92. The molecule has 5 nitrogen and oxygen atoms in total. The zero-order valence-electron chi connectivity index (χ0n) is 9.56. The summed E-state index contributed by atoms with van der Waals surface area (Å²) in [6.45, 7) is 0.215. The van der Waals surface area contributed by atoms with E-state index in [1.165, 1.54) is 4.90 Å². The van der Waals surface area contributed by atoms with Gasteiger partial charge in [-0.3, -0.25) is 19.9 Å². The molecule has 1 aliphatic rings. The lowest BCUT2D eigenvalue weighted by Gasteiger charge is -2.10. The van der Waals surface area contributed by atoms with Gasteiger partial charge in [0.05, 0.1) is 11.1 Å². The van der Waals surface area contributed by atoms with Crippen molar-refractivity contribution < 1.29 is 9.59 Å². The number of hydrogen-bond donors (Lipinski definition) is 2. The van der Waals surface area contributed by atoms with Gasteiger partial charge in [0.15, 0.2) is 5.84 Å². The molecule has 2 rings (SSSR count). The van der Waals surface area contributed by atoms with E-state index in [0.29, 0.717) is 17.5 Å². The van der Waals surface area contributed by atoms with Gasteiger partial charge >= 0.3 is 0 Å². The van der Waals surface area contributed by atoms with Gasteiger partial charge in [-0.1, -0.05) is 18.1 Å². The predicted octanol–water partition coefficient (Wildman–Crippen LogP) is 0.612. The van der Waals surface area contributed by atoms with Gasteiger partial charge in [0.25, 0.3) is 11.8 Å². The van der Waals surface area contributed by atoms with Crippen molar-refractivity contribution in [1.82, 2.24) is 4.90 Å². The van der Waals surface area contributed by atoms with Gasteiger partial charge in [-0.15, -0.1) is 0 Å². The number of imide groups is 1. The number of fused-ring (bicyclic) bond motifs is 1. The topological polar surface area (TPSA) is 87.2 Å². The molecule has 0 radical (unpaired) electrons. The van der Waals surface area contributed by atoms with Crippen LogP contribution in [0.5, 0.6) is 0 Å².